The summed E-state index contributed by atoms with van der Waals surface area (Å²) in [6.45, 7) is 2.50. The summed E-state index contributed by atoms with van der Waals surface area (Å²) in [7, 11) is 0. The Kier molecular flexibility index (Phi) is 8.25. The van der Waals surface area contributed by atoms with E-state index in [0.29, 0.717) is 12.2 Å². The first kappa shape index (κ1) is 21.2. The van der Waals surface area contributed by atoms with Crippen LogP contribution in [0.1, 0.15) is 22.8 Å². The molecular weight excluding hydrogens is 422 g/mol. The van der Waals surface area contributed by atoms with E-state index in [1.807, 2.05) is 30.3 Å². The highest BCUT2D eigenvalue weighted by molar-refractivity contribution is 9.10. The maximum Gasteiger partial charge on any atom is 0.340 e. The molecule has 2 aromatic rings. The molecule has 28 heavy (non-hydrogen) atoms. The van der Waals surface area contributed by atoms with Crippen LogP contribution in [-0.2, 0) is 16.0 Å². The van der Waals surface area contributed by atoms with Crippen molar-refractivity contribution in [2.75, 3.05) is 18.5 Å². The van der Waals surface area contributed by atoms with Crippen LogP contribution < -0.4 is 10.6 Å². The largest absolute Gasteiger partial charge is 0.462 e. The maximum atomic E-state index is 12.4. The van der Waals surface area contributed by atoms with E-state index in [0.717, 1.165) is 16.5 Å². The first-order valence-electron chi connectivity index (χ1n) is 8.70. The van der Waals surface area contributed by atoms with Gasteiger partial charge in [0.2, 0.25) is 0 Å². The molecule has 0 fully saturated rings. The van der Waals surface area contributed by atoms with E-state index in [2.05, 4.69) is 26.6 Å². The Morgan fingerprint density at radius 1 is 1.18 bits per heavy atom. The number of benzene rings is 2. The monoisotopic (exact) mass is 441 g/mol. The van der Waals surface area contributed by atoms with Crippen LogP contribution >= 0.6 is 15.9 Å². The van der Waals surface area contributed by atoms with Gasteiger partial charge in [0.1, 0.15) is 11.6 Å². The Morgan fingerprint density at radius 2 is 1.89 bits per heavy atom. The Labute approximate surface area is 172 Å². The zero-order chi connectivity index (χ0) is 20.4. The second-order valence-electron chi connectivity index (χ2n) is 5.72. The van der Waals surface area contributed by atoms with Crippen molar-refractivity contribution < 1.29 is 14.3 Å². The summed E-state index contributed by atoms with van der Waals surface area (Å²) >= 11 is 3.39. The zero-order valence-corrected chi connectivity index (χ0v) is 17.0. The Hall–Kier alpha value is -3.11. The number of rotatable bonds is 8. The molecule has 0 aliphatic carbocycles. The molecule has 1 amide bonds. The minimum Gasteiger partial charge on any atom is -0.462 e. The van der Waals surface area contributed by atoms with Gasteiger partial charge in [-0.05, 0) is 43.2 Å². The number of para-hydroxylation sites is 1. The summed E-state index contributed by atoms with van der Waals surface area (Å²) in [5.74, 6) is -1.14. The third kappa shape index (κ3) is 6.25. The second kappa shape index (κ2) is 10.9. The van der Waals surface area contributed by atoms with Crippen LogP contribution in [0, 0.1) is 11.3 Å². The molecule has 0 radical (unpaired) electrons. The molecule has 0 atom stereocenters. The van der Waals surface area contributed by atoms with Gasteiger partial charge in [0, 0.05) is 17.2 Å². The molecule has 6 nitrogen and oxygen atoms in total. The number of amides is 1. The van der Waals surface area contributed by atoms with E-state index in [-0.39, 0.29) is 17.7 Å². The number of anilines is 1. The van der Waals surface area contributed by atoms with E-state index < -0.39 is 11.9 Å². The van der Waals surface area contributed by atoms with Gasteiger partial charge in [-0.15, -0.1) is 0 Å². The van der Waals surface area contributed by atoms with Crippen molar-refractivity contribution in [2.24, 2.45) is 0 Å². The molecule has 7 heteroatoms. The second-order valence-corrected chi connectivity index (χ2v) is 6.64. The number of nitrogens with one attached hydrogen (secondary N) is 2. The molecule has 144 valence electrons. The fourth-order valence-corrected chi connectivity index (χ4v) is 2.62. The van der Waals surface area contributed by atoms with Crippen LogP contribution in [-0.4, -0.2) is 25.0 Å². The number of esters is 1. The Balaban J connectivity index is 1.98. The molecule has 2 rings (SSSR count). The van der Waals surface area contributed by atoms with Crippen LogP contribution in [0.15, 0.2) is 64.8 Å². The Morgan fingerprint density at radius 3 is 2.57 bits per heavy atom. The molecule has 0 aliphatic rings. The third-order valence-corrected chi connectivity index (χ3v) is 4.28. The van der Waals surface area contributed by atoms with Crippen molar-refractivity contribution >= 4 is 33.5 Å². The SMILES string of the molecule is CCOC(=O)c1ccccc1NC(=O)/C(C#N)=C\NCCc1ccc(Br)cc1. The van der Waals surface area contributed by atoms with Gasteiger partial charge in [-0.3, -0.25) is 4.79 Å². The summed E-state index contributed by atoms with van der Waals surface area (Å²) in [6, 6.07) is 16.3. The topological polar surface area (TPSA) is 91.2 Å². The summed E-state index contributed by atoms with van der Waals surface area (Å²) in [4.78, 5) is 24.4. The molecule has 2 N–H and O–H groups in total. The van der Waals surface area contributed by atoms with Gasteiger partial charge in [-0.1, -0.05) is 40.2 Å². The highest BCUT2D eigenvalue weighted by atomic mass is 79.9. The molecule has 0 saturated carbocycles. The first-order valence-corrected chi connectivity index (χ1v) is 9.50. The van der Waals surface area contributed by atoms with Crippen molar-refractivity contribution in [2.45, 2.75) is 13.3 Å². The lowest BCUT2D eigenvalue weighted by Gasteiger charge is -2.10. The van der Waals surface area contributed by atoms with Crippen molar-refractivity contribution in [1.29, 1.82) is 5.26 Å². The van der Waals surface area contributed by atoms with E-state index in [4.69, 9.17) is 4.74 Å². The van der Waals surface area contributed by atoms with Crippen LogP contribution in [0.4, 0.5) is 5.69 Å². The molecule has 0 bridgehead atoms. The Bertz CT molecular complexity index is 902. The van der Waals surface area contributed by atoms with Gasteiger partial charge in [0.25, 0.3) is 5.91 Å². The smallest absolute Gasteiger partial charge is 0.340 e. The quantitative estimate of drug-likeness (QED) is 0.281. The standard InChI is InChI=1S/C21H20BrN3O3/c1-2-28-21(27)18-5-3-4-6-19(18)25-20(26)16(13-23)14-24-12-11-15-7-9-17(22)10-8-15/h3-10,14,24H,2,11-12H2,1H3,(H,25,26)/b16-14-. The number of nitriles is 1. The van der Waals surface area contributed by atoms with Crippen LogP contribution in [0.2, 0.25) is 0 Å². The predicted molar refractivity (Wildman–Crippen MR) is 111 cm³/mol. The lowest BCUT2D eigenvalue weighted by atomic mass is 10.1. The summed E-state index contributed by atoms with van der Waals surface area (Å²) in [5, 5.41) is 14.8. The average molecular weight is 442 g/mol. The number of halogens is 1. The number of carbonyl (C=O) groups is 2. The molecule has 0 aliphatic heterocycles. The summed E-state index contributed by atoms with van der Waals surface area (Å²) in [5.41, 5.74) is 1.57. The van der Waals surface area contributed by atoms with Crippen LogP contribution in [0.5, 0.6) is 0 Å². The van der Waals surface area contributed by atoms with Crippen molar-refractivity contribution in [3.05, 3.63) is 75.9 Å². The highest BCUT2D eigenvalue weighted by Crippen LogP contribution is 2.17. The van der Waals surface area contributed by atoms with Crippen LogP contribution in [0.3, 0.4) is 0 Å². The number of hydrogen-bond acceptors (Lipinski definition) is 5. The molecular formula is C21H20BrN3O3. The van der Waals surface area contributed by atoms with Gasteiger partial charge >= 0.3 is 5.97 Å². The van der Waals surface area contributed by atoms with Gasteiger partial charge in [-0.25, -0.2) is 4.79 Å². The molecule has 0 aromatic heterocycles. The number of nitrogens with zero attached hydrogens (tertiary/aromatic N) is 1. The van der Waals surface area contributed by atoms with Gasteiger partial charge in [0.05, 0.1) is 17.9 Å². The molecule has 2 aromatic carbocycles. The number of carbonyl (C=O) groups excluding carboxylic acids is 2. The summed E-state index contributed by atoms with van der Waals surface area (Å²) < 4.78 is 5.99. The van der Waals surface area contributed by atoms with E-state index in [1.165, 1.54) is 6.20 Å². The normalized spacial score (nSPS) is 10.7. The molecule has 0 unspecified atom stereocenters. The third-order valence-electron chi connectivity index (χ3n) is 3.75. The minimum atomic E-state index is -0.601. The van der Waals surface area contributed by atoms with Crippen molar-refractivity contribution in [1.82, 2.24) is 5.32 Å². The fraction of sp³-hybridized carbons (Fsp3) is 0.190. The maximum absolute atomic E-state index is 12.4. The van der Waals surface area contributed by atoms with Crippen LogP contribution in [0.25, 0.3) is 0 Å². The molecule has 0 saturated heterocycles. The van der Waals surface area contributed by atoms with Gasteiger partial charge < -0.3 is 15.4 Å². The van der Waals surface area contributed by atoms with Gasteiger partial charge in [-0.2, -0.15) is 5.26 Å². The van der Waals surface area contributed by atoms with E-state index >= 15 is 0 Å². The molecule has 0 heterocycles. The minimum absolute atomic E-state index is 0.0885. The first-order chi connectivity index (χ1) is 13.5. The lowest BCUT2D eigenvalue weighted by molar-refractivity contribution is -0.112. The number of ether oxygens (including phenoxy) is 1. The highest BCUT2D eigenvalue weighted by Gasteiger charge is 2.16. The van der Waals surface area contributed by atoms with E-state index in [1.54, 1.807) is 31.2 Å². The zero-order valence-electron chi connectivity index (χ0n) is 15.4. The average Bonchev–Trinajstić information content (AvgIpc) is 2.70. The van der Waals surface area contributed by atoms with Gasteiger partial charge in [0.15, 0.2) is 0 Å². The summed E-state index contributed by atoms with van der Waals surface area (Å²) in [6.07, 6.45) is 2.12. The number of hydrogen-bond donors (Lipinski definition) is 2. The van der Waals surface area contributed by atoms with Crippen molar-refractivity contribution in [3.8, 4) is 6.07 Å². The van der Waals surface area contributed by atoms with Crippen molar-refractivity contribution in [3.63, 3.8) is 0 Å². The predicted octanol–water partition coefficient (Wildman–Crippen LogP) is 3.80. The lowest BCUT2D eigenvalue weighted by Crippen LogP contribution is -2.19. The molecule has 0 spiro atoms. The van der Waals surface area contributed by atoms with E-state index in [9.17, 15) is 14.9 Å². The fourth-order valence-electron chi connectivity index (χ4n) is 2.36.